The van der Waals surface area contributed by atoms with Crippen LogP contribution in [-0.2, 0) is 16.6 Å². The van der Waals surface area contributed by atoms with Crippen molar-refractivity contribution in [3.8, 4) is 0 Å². The lowest BCUT2D eigenvalue weighted by molar-refractivity contribution is 0.456. The lowest BCUT2D eigenvalue weighted by Gasteiger charge is -2.18. The smallest absolute Gasteiger partial charge is 0.207 e. The molecule has 0 bridgehead atoms. The average molecular weight is 329 g/mol. The van der Waals surface area contributed by atoms with Crippen molar-refractivity contribution in [2.45, 2.75) is 11.4 Å². The van der Waals surface area contributed by atoms with E-state index in [0.717, 1.165) is 15.1 Å². The summed E-state index contributed by atoms with van der Waals surface area (Å²) < 4.78 is 40.3. The summed E-state index contributed by atoms with van der Waals surface area (Å²) in [6, 6.07) is 18.7. The fourth-order valence-electron chi connectivity index (χ4n) is 2.46. The summed E-state index contributed by atoms with van der Waals surface area (Å²) >= 11 is 0. The monoisotopic (exact) mass is 329 g/mol. The number of benzene rings is 3. The SMILES string of the molecule is CN(Cc1ccccc1F)S(=O)(=O)c1ccc2ccccc2c1. The molecule has 0 saturated carbocycles. The van der Waals surface area contributed by atoms with E-state index in [2.05, 4.69) is 0 Å². The molecule has 0 aliphatic rings. The fourth-order valence-corrected chi connectivity index (χ4v) is 3.64. The van der Waals surface area contributed by atoms with Crippen LogP contribution < -0.4 is 0 Å². The molecule has 5 heteroatoms. The highest BCUT2D eigenvalue weighted by Crippen LogP contribution is 2.22. The Balaban J connectivity index is 1.94. The molecule has 0 atom stereocenters. The lowest BCUT2D eigenvalue weighted by Crippen LogP contribution is -2.26. The van der Waals surface area contributed by atoms with Gasteiger partial charge in [0.25, 0.3) is 0 Å². The maximum atomic E-state index is 13.7. The van der Waals surface area contributed by atoms with Gasteiger partial charge in [0.05, 0.1) is 4.90 Å². The van der Waals surface area contributed by atoms with Gasteiger partial charge in [-0.2, -0.15) is 4.31 Å². The number of halogens is 1. The number of hydrogen-bond donors (Lipinski definition) is 0. The second kappa shape index (κ2) is 6.10. The molecule has 3 aromatic rings. The fraction of sp³-hybridized carbons (Fsp3) is 0.111. The summed E-state index contributed by atoms with van der Waals surface area (Å²) in [4.78, 5) is 0.204. The van der Waals surface area contributed by atoms with E-state index in [4.69, 9.17) is 0 Å². The van der Waals surface area contributed by atoms with E-state index in [-0.39, 0.29) is 11.4 Å². The second-order valence-corrected chi connectivity index (χ2v) is 7.41. The normalized spacial score (nSPS) is 12.0. The second-order valence-electron chi connectivity index (χ2n) is 5.36. The zero-order chi connectivity index (χ0) is 16.4. The van der Waals surface area contributed by atoms with Gasteiger partial charge in [0.15, 0.2) is 0 Å². The van der Waals surface area contributed by atoms with Crippen molar-refractivity contribution in [3.05, 3.63) is 78.1 Å². The molecule has 0 N–H and O–H groups in total. The van der Waals surface area contributed by atoms with E-state index < -0.39 is 15.8 Å². The Kier molecular flexibility index (Phi) is 4.15. The van der Waals surface area contributed by atoms with E-state index in [1.807, 2.05) is 24.3 Å². The third-order valence-corrected chi connectivity index (χ3v) is 5.58. The summed E-state index contributed by atoms with van der Waals surface area (Å²) in [6.45, 7) is -0.0121. The molecular weight excluding hydrogens is 313 g/mol. The number of nitrogens with zero attached hydrogens (tertiary/aromatic N) is 1. The average Bonchev–Trinajstić information content (AvgIpc) is 2.56. The minimum Gasteiger partial charge on any atom is -0.207 e. The molecule has 0 saturated heterocycles. The van der Waals surface area contributed by atoms with Crippen LogP contribution in [0.15, 0.2) is 71.6 Å². The van der Waals surface area contributed by atoms with Crippen LogP contribution in [0.4, 0.5) is 4.39 Å². The van der Waals surface area contributed by atoms with E-state index in [1.165, 1.54) is 13.1 Å². The van der Waals surface area contributed by atoms with Crippen LogP contribution in [0.3, 0.4) is 0 Å². The number of rotatable bonds is 4. The highest BCUT2D eigenvalue weighted by atomic mass is 32.2. The number of hydrogen-bond acceptors (Lipinski definition) is 2. The van der Waals surface area contributed by atoms with Crippen LogP contribution in [0.25, 0.3) is 10.8 Å². The van der Waals surface area contributed by atoms with Crippen LogP contribution in [0.5, 0.6) is 0 Å². The Labute approximate surface area is 135 Å². The minimum absolute atomic E-state index is 0.0121. The van der Waals surface area contributed by atoms with Gasteiger partial charge in [-0.15, -0.1) is 0 Å². The first kappa shape index (κ1) is 15.6. The first-order valence-corrected chi connectivity index (χ1v) is 8.61. The molecule has 3 aromatic carbocycles. The maximum absolute atomic E-state index is 13.7. The number of fused-ring (bicyclic) bond motifs is 1. The summed E-state index contributed by atoms with van der Waals surface area (Å²) in [7, 11) is -2.22. The maximum Gasteiger partial charge on any atom is 0.243 e. The Bertz CT molecular complexity index is 954. The molecule has 23 heavy (non-hydrogen) atoms. The predicted octanol–water partition coefficient (Wildman–Crippen LogP) is 3.80. The van der Waals surface area contributed by atoms with Crippen LogP contribution in [0.2, 0.25) is 0 Å². The molecule has 0 aliphatic carbocycles. The van der Waals surface area contributed by atoms with Crippen LogP contribution in [-0.4, -0.2) is 19.8 Å². The van der Waals surface area contributed by atoms with Gasteiger partial charge >= 0.3 is 0 Å². The first-order chi connectivity index (χ1) is 11.0. The third kappa shape index (κ3) is 3.11. The van der Waals surface area contributed by atoms with Gasteiger partial charge in [0.1, 0.15) is 5.82 Å². The molecule has 0 aromatic heterocycles. The molecule has 0 aliphatic heterocycles. The molecule has 118 valence electrons. The van der Waals surface area contributed by atoms with Crippen molar-refractivity contribution in [3.63, 3.8) is 0 Å². The molecular formula is C18H16FNO2S. The molecule has 3 rings (SSSR count). The highest BCUT2D eigenvalue weighted by molar-refractivity contribution is 7.89. The summed E-state index contributed by atoms with van der Waals surface area (Å²) in [5, 5.41) is 1.83. The van der Waals surface area contributed by atoms with Gasteiger partial charge < -0.3 is 0 Å². The Morgan fingerprint density at radius 2 is 1.57 bits per heavy atom. The van der Waals surface area contributed by atoms with Crippen molar-refractivity contribution in [2.24, 2.45) is 0 Å². The van der Waals surface area contributed by atoms with E-state index in [1.54, 1.807) is 36.4 Å². The molecule has 0 heterocycles. The molecule has 3 nitrogen and oxygen atoms in total. The van der Waals surface area contributed by atoms with Crippen molar-refractivity contribution in [1.29, 1.82) is 0 Å². The van der Waals surface area contributed by atoms with Crippen LogP contribution in [0, 0.1) is 5.82 Å². The minimum atomic E-state index is -3.68. The summed E-state index contributed by atoms with van der Waals surface area (Å²) in [6.07, 6.45) is 0. The van der Waals surface area contributed by atoms with Crippen molar-refractivity contribution >= 4 is 20.8 Å². The highest BCUT2D eigenvalue weighted by Gasteiger charge is 2.22. The quantitative estimate of drug-likeness (QED) is 0.730. The number of sulfonamides is 1. The predicted molar refractivity (Wildman–Crippen MR) is 89.0 cm³/mol. The molecule has 0 spiro atoms. The molecule has 0 unspecified atom stereocenters. The van der Waals surface area contributed by atoms with Gasteiger partial charge in [0.2, 0.25) is 10.0 Å². The molecule has 0 amide bonds. The van der Waals surface area contributed by atoms with E-state index in [0.29, 0.717) is 5.56 Å². The largest absolute Gasteiger partial charge is 0.243 e. The topological polar surface area (TPSA) is 37.4 Å². The van der Waals surface area contributed by atoms with Gasteiger partial charge in [-0.05, 0) is 29.0 Å². The van der Waals surface area contributed by atoms with Gasteiger partial charge in [-0.3, -0.25) is 0 Å². The third-order valence-electron chi connectivity index (χ3n) is 3.78. The van der Waals surface area contributed by atoms with Crippen LogP contribution in [0.1, 0.15) is 5.56 Å². The van der Waals surface area contributed by atoms with Crippen molar-refractivity contribution in [2.75, 3.05) is 7.05 Å². The van der Waals surface area contributed by atoms with E-state index >= 15 is 0 Å². The Morgan fingerprint density at radius 3 is 2.30 bits per heavy atom. The van der Waals surface area contributed by atoms with Crippen LogP contribution >= 0.6 is 0 Å². The zero-order valence-corrected chi connectivity index (χ0v) is 13.4. The summed E-state index contributed by atoms with van der Waals surface area (Å²) in [5.74, 6) is -0.409. The molecule has 0 fully saturated rings. The van der Waals surface area contributed by atoms with Gasteiger partial charge in [-0.25, -0.2) is 12.8 Å². The van der Waals surface area contributed by atoms with Gasteiger partial charge in [0, 0.05) is 19.2 Å². The van der Waals surface area contributed by atoms with E-state index in [9.17, 15) is 12.8 Å². The standard InChI is InChI=1S/C18H16FNO2S/c1-20(13-16-8-4-5-9-18(16)19)23(21,22)17-11-10-14-6-2-3-7-15(14)12-17/h2-12H,13H2,1H3. The Hall–Kier alpha value is -2.24. The first-order valence-electron chi connectivity index (χ1n) is 7.17. The summed E-state index contributed by atoms with van der Waals surface area (Å²) in [5.41, 5.74) is 0.347. The van der Waals surface area contributed by atoms with Crippen molar-refractivity contribution in [1.82, 2.24) is 4.31 Å². The van der Waals surface area contributed by atoms with Gasteiger partial charge in [-0.1, -0.05) is 48.5 Å². The lowest BCUT2D eigenvalue weighted by atomic mass is 10.1. The zero-order valence-electron chi connectivity index (χ0n) is 12.6. The Morgan fingerprint density at radius 1 is 0.913 bits per heavy atom. The van der Waals surface area contributed by atoms with Crippen molar-refractivity contribution < 1.29 is 12.8 Å². The molecule has 0 radical (unpaired) electrons.